The molecular weight excluding hydrogens is 321 g/mol. The van der Waals surface area contributed by atoms with Gasteiger partial charge in [-0.1, -0.05) is 18.2 Å². The van der Waals surface area contributed by atoms with E-state index in [0.29, 0.717) is 16.8 Å². The third-order valence-corrected chi connectivity index (χ3v) is 3.44. The minimum atomic E-state index is -0.935. The molecule has 0 aromatic heterocycles. The minimum absolute atomic E-state index is 0. The van der Waals surface area contributed by atoms with E-state index in [9.17, 15) is 9.59 Å². The third kappa shape index (κ3) is 6.33. The molecule has 2 aromatic carbocycles. The van der Waals surface area contributed by atoms with E-state index in [2.05, 4.69) is 0 Å². The molecule has 0 fully saturated rings. The molecule has 5 N–H and O–H groups in total. The molecular formula is C17H20NNaO5. The van der Waals surface area contributed by atoms with E-state index in [1.807, 2.05) is 19.9 Å². The van der Waals surface area contributed by atoms with E-state index in [-0.39, 0.29) is 40.6 Å². The Kier molecular flexibility index (Phi) is 11.0. The number of benzene rings is 2. The molecule has 0 aliphatic carbocycles. The zero-order valence-corrected chi connectivity index (χ0v) is 16.2. The molecule has 0 amide bonds. The van der Waals surface area contributed by atoms with Crippen LogP contribution >= 0.6 is 0 Å². The van der Waals surface area contributed by atoms with Crippen molar-refractivity contribution in [2.45, 2.75) is 20.8 Å². The maximum atomic E-state index is 10.6. The molecule has 0 aliphatic heterocycles. The van der Waals surface area contributed by atoms with Gasteiger partial charge in [0.05, 0.1) is 11.1 Å². The standard InChI is InChI=1S/C9H10O2.C8H9NO2.Na.H2O/c1-6-4-3-5-8(7(6)2)9(10)11;1-5-6(8(10)11)3-2-4-7(5)9;;/h3-5H,1-2H3,(H,10,11);2-4H,9H2,1H3,(H,10,11);;1H2/q;;+1;/p-1. The molecule has 6 nitrogen and oxygen atoms in total. The van der Waals surface area contributed by atoms with Crippen molar-refractivity contribution in [2.75, 3.05) is 5.73 Å². The van der Waals surface area contributed by atoms with Gasteiger partial charge in [0.15, 0.2) is 0 Å². The maximum absolute atomic E-state index is 10.6. The van der Waals surface area contributed by atoms with Gasteiger partial charge in [0.25, 0.3) is 0 Å². The normalized spacial score (nSPS) is 8.79. The van der Waals surface area contributed by atoms with Crippen molar-refractivity contribution >= 4 is 17.6 Å². The number of rotatable bonds is 2. The van der Waals surface area contributed by atoms with Gasteiger partial charge < -0.3 is 21.4 Å². The van der Waals surface area contributed by atoms with Crippen LogP contribution in [0.5, 0.6) is 0 Å². The molecule has 124 valence electrons. The summed E-state index contributed by atoms with van der Waals surface area (Å²) in [6, 6.07) is 10.1. The molecule has 2 rings (SSSR count). The van der Waals surface area contributed by atoms with Crippen LogP contribution in [0.25, 0.3) is 0 Å². The predicted octanol–water partition coefficient (Wildman–Crippen LogP) is 0.104. The van der Waals surface area contributed by atoms with Crippen LogP contribution in [0.15, 0.2) is 36.4 Å². The summed E-state index contributed by atoms with van der Waals surface area (Å²) in [5.74, 6) is -1.79. The summed E-state index contributed by atoms with van der Waals surface area (Å²) < 4.78 is 0. The first-order valence-corrected chi connectivity index (χ1v) is 6.63. The number of carboxylic acid groups (broad SMARTS) is 2. The fraction of sp³-hybridized carbons (Fsp3) is 0.176. The zero-order chi connectivity index (χ0) is 16.9. The van der Waals surface area contributed by atoms with Crippen LogP contribution < -0.4 is 35.3 Å². The van der Waals surface area contributed by atoms with E-state index in [4.69, 9.17) is 15.9 Å². The van der Waals surface area contributed by atoms with Crippen molar-refractivity contribution in [2.24, 2.45) is 0 Å². The van der Waals surface area contributed by atoms with Gasteiger partial charge in [0, 0.05) is 5.69 Å². The van der Waals surface area contributed by atoms with Crippen LogP contribution in [-0.2, 0) is 0 Å². The van der Waals surface area contributed by atoms with Gasteiger partial charge in [0.2, 0.25) is 0 Å². The first-order valence-electron chi connectivity index (χ1n) is 6.63. The average Bonchev–Trinajstić information content (AvgIpc) is 2.45. The fourth-order valence-electron chi connectivity index (χ4n) is 1.87. The van der Waals surface area contributed by atoms with Crippen molar-refractivity contribution in [3.63, 3.8) is 0 Å². The molecule has 2 aromatic rings. The van der Waals surface area contributed by atoms with Crippen LogP contribution in [0.4, 0.5) is 5.69 Å². The largest absolute Gasteiger partial charge is 1.00 e. The topological polar surface area (TPSA) is 131 Å². The number of aryl methyl sites for hydroxylation is 1. The van der Waals surface area contributed by atoms with Crippen LogP contribution in [-0.4, -0.2) is 27.6 Å². The fourth-order valence-corrected chi connectivity index (χ4v) is 1.87. The van der Waals surface area contributed by atoms with Gasteiger partial charge in [0.1, 0.15) is 0 Å². The number of hydrogen-bond acceptors (Lipinski definition) is 4. The Balaban J connectivity index is 0. The number of hydrogen-bond donors (Lipinski definition) is 3. The maximum Gasteiger partial charge on any atom is 1.00 e. The number of nitrogen functional groups attached to an aromatic ring is 1. The van der Waals surface area contributed by atoms with E-state index in [1.165, 1.54) is 6.07 Å². The van der Waals surface area contributed by atoms with Crippen molar-refractivity contribution in [1.82, 2.24) is 0 Å². The Morgan fingerprint density at radius 1 is 0.833 bits per heavy atom. The SMILES string of the molecule is Cc1c(N)cccc1C(=O)O.Cc1cccc(C(=O)O)c1C.[Na+].[OH-]. The van der Waals surface area contributed by atoms with Crippen LogP contribution in [0.2, 0.25) is 0 Å². The molecule has 24 heavy (non-hydrogen) atoms. The predicted molar refractivity (Wildman–Crippen MR) is 87.4 cm³/mol. The summed E-state index contributed by atoms with van der Waals surface area (Å²) in [4.78, 5) is 21.1. The van der Waals surface area contributed by atoms with Crippen molar-refractivity contribution in [3.05, 3.63) is 64.2 Å². The van der Waals surface area contributed by atoms with E-state index in [0.717, 1.165) is 11.1 Å². The molecule has 0 spiro atoms. The van der Waals surface area contributed by atoms with Gasteiger partial charge in [-0.15, -0.1) is 0 Å². The summed E-state index contributed by atoms with van der Waals surface area (Å²) in [6.07, 6.45) is 0. The molecule has 7 heteroatoms. The number of carboxylic acids is 2. The van der Waals surface area contributed by atoms with Crippen molar-refractivity contribution < 1.29 is 54.8 Å². The second-order valence-electron chi connectivity index (χ2n) is 4.88. The molecule has 0 heterocycles. The van der Waals surface area contributed by atoms with Crippen LogP contribution in [0, 0.1) is 20.8 Å². The van der Waals surface area contributed by atoms with Crippen molar-refractivity contribution in [3.8, 4) is 0 Å². The second kappa shape index (κ2) is 10.8. The minimum Gasteiger partial charge on any atom is -0.870 e. The molecule has 0 radical (unpaired) electrons. The first-order chi connectivity index (χ1) is 10.3. The quantitative estimate of drug-likeness (QED) is 0.525. The molecule has 0 bridgehead atoms. The van der Waals surface area contributed by atoms with Crippen LogP contribution in [0.1, 0.15) is 37.4 Å². The summed E-state index contributed by atoms with van der Waals surface area (Å²) in [6.45, 7) is 5.42. The van der Waals surface area contributed by atoms with E-state index in [1.54, 1.807) is 31.2 Å². The van der Waals surface area contributed by atoms with E-state index < -0.39 is 11.9 Å². The van der Waals surface area contributed by atoms with Crippen molar-refractivity contribution in [1.29, 1.82) is 0 Å². The summed E-state index contributed by atoms with van der Waals surface area (Å²) >= 11 is 0. The summed E-state index contributed by atoms with van der Waals surface area (Å²) in [7, 11) is 0. The first kappa shape index (κ1) is 24.4. The molecule has 0 saturated heterocycles. The Morgan fingerprint density at radius 3 is 1.62 bits per heavy atom. The Labute approximate surface area is 162 Å². The number of nitrogens with two attached hydrogens (primary N) is 1. The van der Waals surface area contributed by atoms with Crippen LogP contribution in [0.3, 0.4) is 0 Å². The number of anilines is 1. The van der Waals surface area contributed by atoms with Gasteiger partial charge in [-0.25, -0.2) is 9.59 Å². The van der Waals surface area contributed by atoms with Gasteiger partial charge >= 0.3 is 41.5 Å². The molecule has 0 atom stereocenters. The number of aromatic carboxylic acids is 2. The molecule has 0 aliphatic rings. The monoisotopic (exact) mass is 341 g/mol. The number of carbonyl (C=O) groups is 2. The Bertz CT molecular complexity index is 655. The molecule has 0 unspecified atom stereocenters. The molecule has 0 saturated carbocycles. The summed E-state index contributed by atoms with van der Waals surface area (Å²) in [5.41, 5.74) is 9.17. The zero-order valence-electron chi connectivity index (χ0n) is 14.2. The smallest absolute Gasteiger partial charge is 0.870 e. The Morgan fingerprint density at radius 2 is 1.25 bits per heavy atom. The van der Waals surface area contributed by atoms with Gasteiger partial charge in [-0.2, -0.15) is 0 Å². The third-order valence-electron chi connectivity index (χ3n) is 3.44. The second-order valence-corrected chi connectivity index (χ2v) is 4.88. The Hall–Kier alpha value is -1.86. The van der Waals surface area contributed by atoms with E-state index >= 15 is 0 Å². The van der Waals surface area contributed by atoms with Gasteiger partial charge in [-0.05, 0) is 55.7 Å². The average molecular weight is 341 g/mol. The summed E-state index contributed by atoms with van der Waals surface area (Å²) in [5, 5.41) is 17.3. The van der Waals surface area contributed by atoms with Gasteiger partial charge in [-0.3, -0.25) is 0 Å².